The highest BCUT2D eigenvalue weighted by Gasteiger charge is 2.16. The Morgan fingerprint density at radius 2 is 2.06 bits per heavy atom. The van der Waals surface area contributed by atoms with Crippen LogP contribution in [0.4, 0.5) is 0 Å². The number of piperidine rings is 1. The second-order valence-corrected chi connectivity index (χ2v) is 5.32. The number of amides is 1. The molecule has 1 aromatic rings. The Kier molecular flexibility index (Phi) is 4.37. The summed E-state index contributed by atoms with van der Waals surface area (Å²) in [6.07, 6.45) is 1.58. The largest absolute Gasteiger partial charge is 0.355 e. The first-order valence-electron chi connectivity index (χ1n) is 6.74. The molecule has 18 heavy (non-hydrogen) atoms. The van der Waals surface area contributed by atoms with Crippen molar-refractivity contribution < 1.29 is 4.79 Å². The minimum Gasteiger partial charge on any atom is -0.355 e. The second kappa shape index (κ2) is 6.01. The number of carbonyl (C=O) groups is 1. The van der Waals surface area contributed by atoms with Crippen molar-refractivity contribution in [3.05, 3.63) is 35.4 Å². The quantitative estimate of drug-likeness (QED) is 0.855. The third-order valence-electron chi connectivity index (χ3n) is 3.51. The van der Waals surface area contributed by atoms with Crippen LogP contribution >= 0.6 is 0 Å². The van der Waals surface area contributed by atoms with Gasteiger partial charge in [0.25, 0.3) is 0 Å². The van der Waals surface area contributed by atoms with Gasteiger partial charge < -0.3 is 10.6 Å². The fourth-order valence-electron chi connectivity index (χ4n) is 2.19. The lowest BCUT2D eigenvalue weighted by atomic mass is 10.0. The minimum atomic E-state index is 0.175. The van der Waals surface area contributed by atoms with Crippen LogP contribution in [0.3, 0.4) is 0 Å². The zero-order valence-corrected chi connectivity index (χ0v) is 11.2. The van der Waals surface area contributed by atoms with Crippen molar-refractivity contribution in [3.63, 3.8) is 0 Å². The summed E-state index contributed by atoms with van der Waals surface area (Å²) < 4.78 is 0. The summed E-state index contributed by atoms with van der Waals surface area (Å²) in [5.74, 6) is 0.759. The molecule has 0 bridgehead atoms. The number of rotatable bonds is 4. The molecule has 98 valence electrons. The topological polar surface area (TPSA) is 41.1 Å². The van der Waals surface area contributed by atoms with E-state index < -0.39 is 0 Å². The van der Waals surface area contributed by atoms with Gasteiger partial charge in [-0.1, -0.05) is 38.1 Å². The molecule has 1 saturated heterocycles. The Morgan fingerprint density at radius 3 is 2.61 bits per heavy atom. The summed E-state index contributed by atoms with van der Waals surface area (Å²) in [6, 6.07) is 9.18. The van der Waals surface area contributed by atoms with Crippen molar-refractivity contribution in [1.29, 1.82) is 0 Å². The molecule has 1 aliphatic rings. The van der Waals surface area contributed by atoms with Gasteiger partial charge in [-0.15, -0.1) is 0 Å². The Hall–Kier alpha value is -1.35. The predicted molar refractivity (Wildman–Crippen MR) is 73.4 cm³/mol. The van der Waals surface area contributed by atoms with Gasteiger partial charge in [0.15, 0.2) is 0 Å². The van der Waals surface area contributed by atoms with E-state index in [1.807, 2.05) is 0 Å². The van der Waals surface area contributed by atoms with Crippen molar-refractivity contribution in [2.24, 2.45) is 0 Å². The van der Waals surface area contributed by atoms with Crippen LogP contribution in [0, 0.1) is 0 Å². The normalized spacial score (nSPS) is 19.9. The molecule has 0 radical (unpaired) electrons. The number of hydrogen-bond donors (Lipinski definition) is 2. The number of nitrogens with one attached hydrogen (secondary N) is 2. The highest BCUT2D eigenvalue weighted by Crippen LogP contribution is 2.14. The Bertz CT molecular complexity index is 387. The molecule has 1 atom stereocenters. The molecule has 0 aliphatic carbocycles. The van der Waals surface area contributed by atoms with Gasteiger partial charge >= 0.3 is 0 Å². The van der Waals surface area contributed by atoms with E-state index in [0.29, 0.717) is 18.4 Å². The first-order chi connectivity index (χ1) is 8.65. The number of benzene rings is 1. The maximum atomic E-state index is 11.0. The van der Waals surface area contributed by atoms with E-state index >= 15 is 0 Å². The molecule has 3 heteroatoms. The van der Waals surface area contributed by atoms with Crippen LogP contribution in [0.5, 0.6) is 0 Å². The van der Waals surface area contributed by atoms with Gasteiger partial charge in [-0.05, 0) is 23.5 Å². The third-order valence-corrected chi connectivity index (χ3v) is 3.51. The zero-order chi connectivity index (χ0) is 13.0. The predicted octanol–water partition coefficient (Wildman–Crippen LogP) is 2.18. The lowest BCUT2D eigenvalue weighted by molar-refractivity contribution is -0.122. The molecule has 1 heterocycles. The molecule has 1 unspecified atom stereocenters. The van der Waals surface area contributed by atoms with Crippen molar-refractivity contribution in [2.45, 2.75) is 45.2 Å². The average Bonchev–Trinajstić information content (AvgIpc) is 2.38. The summed E-state index contributed by atoms with van der Waals surface area (Å²) in [5.41, 5.74) is 2.68. The van der Waals surface area contributed by atoms with Crippen LogP contribution in [0.2, 0.25) is 0 Å². The van der Waals surface area contributed by atoms with Crippen LogP contribution in [0.25, 0.3) is 0 Å². The maximum absolute atomic E-state index is 11.0. The summed E-state index contributed by atoms with van der Waals surface area (Å²) in [4.78, 5) is 11.0. The highest BCUT2D eigenvalue weighted by molar-refractivity contribution is 5.76. The van der Waals surface area contributed by atoms with Crippen molar-refractivity contribution >= 4 is 5.91 Å². The van der Waals surface area contributed by atoms with Gasteiger partial charge in [-0.25, -0.2) is 0 Å². The SMILES string of the molecule is CC(C)c1ccc(CNC2CCC(=O)NC2)cc1. The molecule has 2 rings (SSSR count). The lowest BCUT2D eigenvalue weighted by Crippen LogP contribution is -2.45. The van der Waals surface area contributed by atoms with Gasteiger partial charge in [0.1, 0.15) is 0 Å². The number of carbonyl (C=O) groups excluding carboxylic acids is 1. The first-order valence-corrected chi connectivity index (χ1v) is 6.74. The molecule has 1 amide bonds. The highest BCUT2D eigenvalue weighted by atomic mass is 16.1. The van der Waals surface area contributed by atoms with E-state index in [2.05, 4.69) is 48.7 Å². The van der Waals surface area contributed by atoms with Crippen LogP contribution in [-0.2, 0) is 11.3 Å². The van der Waals surface area contributed by atoms with Gasteiger partial charge in [0.2, 0.25) is 5.91 Å². The first kappa shape index (κ1) is 13.1. The zero-order valence-electron chi connectivity index (χ0n) is 11.2. The Balaban J connectivity index is 1.81. The van der Waals surface area contributed by atoms with Crippen molar-refractivity contribution in [1.82, 2.24) is 10.6 Å². The molecule has 3 nitrogen and oxygen atoms in total. The van der Waals surface area contributed by atoms with Gasteiger partial charge in [-0.2, -0.15) is 0 Å². The summed E-state index contributed by atoms with van der Waals surface area (Å²) in [6.45, 7) is 6.04. The van der Waals surface area contributed by atoms with E-state index in [-0.39, 0.29) is 5.91 Å². The van der Waals surface area contributed by atoms with E-state index in [1.165, 1.54) is 11.1 Å². The summed E-state index contributed by atoms with van der Waals surface area (Å²) >= 11 is 0. The van der Waals surface area contributed by atoms with E-state index in [1.54, 1.807) is 0 Å². The van der Waals surface area contributed by atoms with Crippen molar-refractivity contribution in [2.75, 3.05) is 6.54 Å². The van der Waals surface area contributed by atoms with E-state index in [4.69, 9.17) is 0 Å². The maximum Gasteiger partial charge on any atom is 0.220 e. The van der Waals surface area contributed by atoms with Gasteiger partial charge in [0, 0.05) is 25.6 Å². The summed E-state index contributed by atoms with van der Waals surface area (Å²) in [5, 5.41) is 6.38. The van der Waals surface area contributed by atoms with Crippen LogP contribution in [0.15, 0.2) is 24.3 Å². The average molecular weight is 246 g/mol. The molecule has 0 saturated carbocycles. The minimum absolute atomic E-state index is 0.175. The van der Waals surface area contributed by atoms with Gasteiger partial charge in [-0.3, -0.25) is 4.79 Å². The fourth-order valence-corrected chi connectivity index (χ4v) is 2.19. The van der Waals surface area contributed by atoms with Crippen molar-refractivity contribution in [3.8, 4) is 0 Å². The van der Waals surface area contributed by atoms with Crippen LogP contribution < -0.4 is 10.6 Å². The molecule has 0 aromatic heterocycles. The van der Waals surface area contributed by atoms with Crippen LogP contribution in [0.1, 0.15) is 43.7 Å². The smallest absolute Gasteiger partial charge is 0.220 e. The van der Waals surface area contributed by atoms with E-state index in [9.17, 15) is 4.79 Å². The number of hydrogen-bond acceptors (Lipinski definition) is 2. The molecule has 0 spiro atoms. The van der Waals surface area contributed by atoms with E-state index in [0.717, 1.165) is 19.5 Å². The lowest BCUT2D eigenvalue weighted by Gasteiger charge is -2.23. The Labute approximate surface area is 109 Å². The molecule has 1 aromatic carbocycles. The monoisotopic (exact) mass is 246 g/mol. The van der Waals surface area contributed by atoms with Gasteiger partial charge in [0.05, 0.1) is 0 Å². The molecule has 1 fully saturated rings. The fraction of sp³-hybridized carbons (Fsp3) is 0.533. The standard InChI is InChI=1S/C15H22N2O/c1-11(2)13-5-3-12(4-6-13)9-16-14-7-8-15(18)17-10-14/h3-6,11,14,16H,7-10H2,1-2H3,(H,17,18). The molecule has 2 N–H and O–H groups in total. The summed E-state index contributed by atoms with van der Waals surface area (Å²) in [7, 11) is 0. The molecule has 1 aliphatic heterocycles. The second-order valence-electron chi connectivity index (χ2n) is 5.32. The third kappa shape index (κ3) is 3.57. The Morgan fingerprint density at radius 1 is 1.33 bits per heavy atom. The van der Waals surface area contributed by atoms with Crippen LogP contribution in [-0.4, -0.2) is 18.5 Å². The molecular formula is C15H22N2O. The molecular weight excluding hydrogens is 224 g/mol.